The van der Waals surface area contributed by atoms with Gasteiger partial charge in [0.25, 0.3) is 0 Å². The first-order valence-electron chi connectivity index (χ1n) is 10.4. The van der Waals surface area contributed by atoms with Gasteiger partial charge in [0.2, 0.25) is 5.91 Å². The molecular weight excluding hydrogens is 372 g/mol. The summed E-state index contributed by atoms with van der Waals surface area (Å²) in [7, 11) is 0. The maximum Gasteiger partial charge on any atom is 0.326 e. The standard InChI is InChI=1S/C22H30N2O5/c1-15(2)18(21(26)24-8-4-7-19(24)22(27)28)14-20(25)16-5-3-6-17(13-16)23-9-11-29-12-10-23/h3,5-6,13,15,18-19H,4,7-12,14H2,1-2H3,(H,27,28)/t18-,19-/m0/s1. The highest BCUT2D eigenvalue weighted by Crippen LogP contribution is 2.27. The van der Waals surface area contributed by atoms with E-state index in [4.69, 9.17) is 4.74 Å². The van der Waals surface area contributed by atoms with Gasteiger partial charge in [-0.25, -0.2) is 4.79 Å². The number of carboxylic acid groups (broad SMARTS) is 1. The second-order valence-corrected chi connectivity index (χ2v) is 8.16. The summed E-state index contributed by atoms with van der Waals surface area (Å²) in [6.45, 7) is 7.18. The molecule has 2 saturated heterocycles. The summed E-state index contributed by atoms with van der Waals surface area (Å²) in [5.74, 6) is -1.85. The van der Waals surface area contributed by atoms with E-state index in [-0.39, 0.29) is 24.0 Å². The normalized spacial score (nSPS) is 20.7. The molecule has 0 radical (unpaired) electrons. The van der Waals surface area contributed by atoms with E-state index in [1.54, 1.807) is 6.07 Å². The Bertz CT molecular complexity index is 757. The van der Waals surface area contributed by atoms with Crippen LogP contribution in [0.25, 0.3) is 0 Å². The van der Waals surface area contributed by atoms with Crippen LogP contribution in [0.5, 0.6) is 0 Å². The molecular formula is C22H30N2O5. The van der Waals surface area contributed by atoms with Crippen LogP contribution in [0.4, 0.5) is 5.69 Å². The zero-order valence-electron chi connectivity index (χ0n) is 17.2. The van der Waals surface area contributed by atoms with Crippen molar-refractivity contribution in [1.82, 2.24) is 4.90 Å². The van der Waals surface area contributed by atoms with Crippen LogP contribution in [0.2, 0.25) is 0 Å². The SMILES string of the molecule is CC(C)[C@H](CC(=O)c1cccc(N2CCOCC2)c1)C(=O)N1CCC[C@H]1C(=O)O. The van der Waals surface area contributed by atoms with E-state index in [1.807, 2.05) is 32.0 Å². The number of carboxylic acids is 1. The average molecular weight is 402 g/mol. The number of likely N-dealkylation sites (tertiary alicyclic amines) is 1. The number of benzene rings is 1. The third-order valence-electron chi connectivity index (χ3n) is 5.89. The van der Waals surface area contributed by atoms with Crippen molar-refractivity contribution in [2.24, 2.45) is 11.8 Å². The highest BCUT2D eigenvalue weighted by atomic mass is 16.5. The van der Waals surface area contributed by atoms with Gasteiger partial charge in [0.1, 0.15) is 6.04 Å². The highest BCUT2D eigenvalue weighted by Gasteiger charge is 2.38. The van der Waals surface area contributed by atoms with Gasteiger partial charge in [-0.1, -0.05) is 26.0 Å². The number of ether oxygens (including phenoxy) is 1. The summed E-state index contributed by atoms with van der Waals surface area (Å²) in [6, 6.07) is 6.73. The molecule has 1 amide bonds. The van der Waals surface area contributed by atoms with Crippen molar-refractivity contribution in [2.45, 2.75) is 39.2 Å². The lowest BCUT2D eigenvalue weighted by molar-refractivity contribution is -0.150. The monoisotopic (exact) mass is 402 g/mol. The first-order valence-corrected chi connectivity index (χ1v) is 10.4. The number of amides is 1. The van der Waals surface area contributed by atoms with Gasteiger partial charge in [0.15, 0.2) is 5.78 Å². The van der Waals surface area contributed by atoms with Crippen LogP contribution in [0.1, 0.15) is 43.5 Å². The van der Waals surface area contributed by atoms with Crippen molar-refractivity contribution in [2.75, 3.05) is 37.7 Å². The molecule has 2 aliphatic heterocycles. The number of morpholine rings is 1. The van der Waals surface area contributed by atoms with Crippen molar-refractivity contribution in [3.05, 3.63) is 29.8 Å². The number of ketones is 1. The van der Waals surface area contributed by atoms with Crippen LogP contribution < -0.4 is 4.90 Å². The van der Waals surface area contributed by atoms with Crippen molar-refractivity contribution in [3.8, 4) is 0 Å². The number of hydrogen-bond acceptors (Lipinski definition) is 5. The number of aliphatic carboxylic acids is 1. The van der Waals surface area contributed by atoms with Crippen LogP contribution >= 0.6 is 0 Å². The van der Waals surface area contributed by atoms with Gasteiger partial charge in [0, 0.05) is 43.2 Å². The van der Waals surface area contributed by atoms with Crippen LogP contribution in [0.3, 0.4) is 0 Å². The predicted octanol–water partition coefficient (Wildman–Crippen LogP) is 2.44. The van der Waals surface area contributed by atoms with Crippen molar-refractivity contribution >= 4 is 23.3 Å². The third-order valence-corrected chi connectivity index (χ3v) is 5.89. The molecule has 7 heteroatoms. The number of nitrogens with zero attached hydrogens (tertiary/aromatic N) is 2. The van der Waals surface area contributed by atoms with E-state index >= 15 is 0 Å². The van der Waals surface area contributed by atoms with Crippen LogP contribution in [0.15, 0.2) is 24.3 Å². The van der Waals surface area contributed by atoms with Gasteiger partial charge in [-0.05, 0) is 30.9 Å². The fourth-order valence-electron chi connectivity index (χ4n) is 4.12. The minimum absolute atomic E-state index is 0.0519. The topological polar surface area (TPSA) is 87.2 Å². The first kappa shape index (κ1) is 21.3. The smallest absolute Gasteiger partial charge is 0.326 e. The Labute approximate surface area is 171 Å². The summed E-state index contributed by atoms with van der Waals surface area (Å²) < 4.78 is 5.39. The Morgan fingerprint density at radius 3 is 2.55 bits per heavy atom. The van der Waals surface area contributed by atoms with Gasteiger partial charge in [-0.15, -0.1) is 0 Å². The van der Waals surface area contributed by atoms with E-state index in [1.165, 1.54) is 4.90 Å². The maximum atomic E-state index is 13.1. The lowest BCUT2D eigenvalue weighted by Crippen LogP contribution is -2.45. The fourth-order valence-corrected chi connectivity index (χ4v) is 4.12. The van der Waals surface area contributed by atoms with Gasteiger partial charge in [-0.2, -0.15) is 0 Å². The molecule has 2 atom stereocenters. The molecule has 0 bridgehead atoms. The largest absolute Gasteiger partial charge is 0.480 e. The molecule has 2 fully saturated rings. The van der Waals surface area contributed by atoms with Gasteiger partial charge >= 0.3 is 5.97 Å². The number of carbonyl (C=O) groups is 3. The van der Waals surface area contributed by atoms with E-state index in [9.17, 15) is 19.5 Å². The van der Waals surface area contributed by atoms with Gasteiger partial charge in [-0.3, -0.25) is 9.59 Å². The third kappa shape index (κ3) is 4.96. The number of Topliss-reactive ketones (excluding diaryl/α,β-unsaturated/α-hetero) is 1. The van der Waals surface area contributed by atoms with Crippen molar-refractivity contribution < 1.29 is 24.2 Å². The molecule has 0 saturated carbocycles. The Kier molecular flexibility index (Phi) is 6.90. The molecule has 0 spiro atoms. The lowest BCUT2D eigenvalue weighted by Gasteiger charge is -2.29. The molecule has 2 aliphatic rings. The first-order chi connectivity index (χ1) is 13.9. The van der Waals surface area contributed by atoms with Crippen LogP contribution in [0, 0.1) is 11.8 Å². The molecule has 0 unspecified atom stereocenters. The van der Waals surface area contributed by atoms with E-state index in [0.717, 1.165) is 18.8 Å². The fraction of sp³-hybridized carbons (Fsp3) is 0.591. The zero-order chi connectivity index (χ0) is 21.0. The Morgan fingerprint density at radius 1 is 1.17 bits per heavy atom. The number of rotatable bonds is 7. The predicted molar refractivity (Wildman–Crippen MR) is 109 cm³/mol. The molecule has 2 heterocycles. The molecule has 3 rings (SSSR count). The summed E-state index contributed by atoms with van der Waals surface area (Å²) in [5, 5.41) is 9.39. The van der Waals surface area contributed by atoms with E-state index in [2.05, 4.69) is 4.90 Å². The highest BCUT2D eigenvalue weighted by molar-refractivity contribution is 5.99. The minimum Gasteiger partial charge on any atom is -0.480 e. The van der Waals surface area contributed by atoms with Crippen LogP contribution in [-0.4, -0.2) is 66.6 Å². The average Bonchev–Trinajstić information content (AvgIpc) is 3.22. The number of carbonyl (C=O) groups excluding carboxylic acids is 2. The molecule has 0 aliphatic carbocycles. The number of anilines is 1. The van der Waals surface area contributed by atoms with Crippen LogP contribution in [-0.2, 0) is 14.3 Å². The number of hydrogen-bond donors (Lipinski definition) is 1. The second-order valence-electron chi connectivity index (χ2n) is 8.16. The molecule has 1 aromatic carbocycles. The quantitative estimate of drug-likeness (QED) is 0.705. The van der Waals surface area contributed by atoms with Crippen molar-refractivity contribution in [3.63, 3.8) is 0 Å². The molecule has 158 valence electrons. The molecule has 29 heavy (non-hydrogen) atoms. The van der Waals surface area contributed by atoms with E-state index < -0.39 is 17.9 Å². The Hall–Kier alpha value is -2.41. The minimum atomic E-state index is -0.970. The molecule has 1 N–H and O–H groups in total. The maximum absolute atomic E-state index is 13.1. The Morgan fingerprint density at radius 2 is 1.90 bits per heavy atom. The van der Waals surface area contributed by atoms with Crippen molar-refractivity contribution in [1.29, 1.82) is 0 Å². The van der Waals surface area contributed by atoms with E-state index in [0.29, 0.717) is 38.2 Å². The summed E-state index contributed by atoms with van der Waals surface area (Å²) in [4.78, 5) is 41.2. The molecule has 7 nitrogen and oxygen atoms in total. The summed E-state index contributed by atoms with van der Waals surface area (Å²) in [5.41, 5.74) is 1.57. The summed E-state index contributed by atoms with van der Waals surface area (Å²) >= 11 is 0. The molecule has 0 aromatic heterocycles. The Balaban J connectivity index is 1.73. The lowest BCUT2D eigenvalue weighted by atomic mass is 9.87. The van der Waals surface area contributed by atoms with Gasteiger partial charge in [0.05, 0.1) is 13.2 Å². The second kappa shape index (κ2) is 9.39. The zero-order valence-corrected chi connectivity index (χ0v) is 17.2. The van der Waals surface area contributed by atoms with Gasteiger partial charge < -0.3 is 19.6 Å². The molecule has 1 aromatic rings. The summed E-state index contributed by atoms with van der Waals surface area (Å²) in [6.07, 6.45) is 1.25.